The molecular weight excluding hydrogens is 396 g/mol. The largest absolute Gasteiger partial charge is 0.389 e. The molecule has 2 rings (SSSR count). The van der Waals surface area contributed by atoms with Gasteiger partial charge < -0.3 is 5.73 Å². The number of sulfonamides is 1. The summed E-state index contributed by atoms with van der Waals surface area (Å²) in [6.45, 7) is 0. The molecule has 2 aromatic carbocycles. The summed E-state index contributed by atoms with van der Waals surface area (Å²) in [7, 11) is -3.71. The highest BCUT2D eigenvalue weighted by Gasteiger charge is 2.16. The molecule has 4 nitrogen and oxygen atoms in total. The predicted octanol–water partition coefficient (Wildman–Crippen LogP) is 3.54. The lowest BCUT2D eigenvalue weighted by Gasteiger charge is -2.10. The summed E-state index contributed by atoms with van der Waals surface area (Å²) in [6, 6.07) is 10.9. The summed E-state index contributed by atoms with van der Waals surface area (Å²) in [5.74, 6) is 0. The van der Waals surface area contributed by atoms with Crippen LogP contribution >= 0.6 is 39.7 Å². The van der Waals surface area contributed by atoms with E-state index < -0.39 is 10.0 Å². The molecule has 0 saturated carbocycles. The van der Waals surface area contributed by atoms with E-state index in [9.17, 15) is 8.42 Å². The second kappa shape index (κ2) is 6.31. The van der Waals surface area contributed by atoms with E-state index in [2.05, 4.69) is 20.7 Å². The summed E-state index contributed by atoms with van der Waals surface area (Å²) in [5, 5.41) is 0.223. The van der Waals surface area contributed by atoms with Gasteiger partial charge in [0.1, 0.15) is 4.99 Å². The van der Waals surface area contributed by atoms with Crippen molar-refractivity contribution in [2.45, 2.75) is 4.90 Å². The fourth-order valence-electron chi connectivity index (χ4n) is 1.57. The molecule has 8 heteroatoms. The Labute approximate surface area is 141 Å². The first-order valence-corrected chi connectivity index (χ1v) is 8.73. The molecule has 110 valence electrons. The average Bonchev–Trinajstić information content (AvgIpc) is 2.41. The van der Waals surface area contributed by atoms with Crippen LogP contribution in [0, 0.1) is 0 Å². The van der Waals surface area contributed by atoms with Crippen LogP contribution in [0.1, 0.15) is 5.56 Å². The number of benzene rings is 2. The number of thiocarbonyl (C=S) groups is 1. The quantitative estimate of drug-likeness (QED) is 0.763. The third kappa shape index (κ3) is 3.94. The van der Waals surface area contributed by atoms with Gasteiger partial charge in [-0.3, -0.25) is 4.72 Å². The van der Waals surface area contributed by atoms with E-state index in [1.165, 1.54) is 24.3 Å². The highest BCUT2D eigenvalue weighted by Crippen LogP contribution is 2.26. The van der Waals surface area contributed by atoms with Crippen molar-refractivity contribution in [3.8, 4) is 0 Å². The smallest absolute Gasteiger partial charge is 0.261 e. The van der Waals surface area contributed by atoms with E-state index in [0.29, 0.717) is 5.56 Å². The Morgan fingerprint density at radius 3 is 2.33 bits per heavy atom. The van der Waals surface area contributed by atoms with Gasteiger partial charge >= 0.3 is 0 Å². The molecule has 0 aliphatic rings. The van der Waals surface area contributed by atoms with Crippen LogP contribution in [0.3, 0.4) is 0 Å². The topological polar surface area (TPSA) is 72.2 Å². The Bertz CT molecular complexity index is 792. The van der Waals surface area contributed by atoms with Crippen LogP contribution in [0.5, 0.6) is 0 Å². The molecule has 0 fully saturated rings. The van der Waals surface area contributed by atoms with Crippen molar-refractivity contribution in [3.63, 3.8) is 0 Å². The summed E-state index contributed by atoms with van der Waals surface area (Å²) < 4.78 is 27.7. The molecule has 0 aromatic heterocycles. The van der Waals surface area contributed by atoms with Crippen LogP contribution < -0.4 is 10.5 Å². The van der Waals surface area contributed by atoms with Crippen molar-refractivity contribution in [1.29, 1.82) is 0 Å². The zero-order valence-electron chi connectivity index (χ0n) is 10.5. The number of nitrogens with two attached hydrogens (primary N) is 1. The summed E-state index contributed by atoms with van der Waals surface area (Å²) in [6.07, 6.45) is 0. The van der Waals surface area contributed by atoms with Crippen molar-refractivity contribution in [2.75, 3.05) is 4.72 Å². The molecular formula is C13H10BrClN2O2S2. The molecule has 0 aliphatic heterocycles. The van der Waals surface area contributed by atoms with E-state index in [0.717, 1.165) is 4.47 Å². The number of hydrogen-bond acceptors (Lipinski definition) is 3. The Hall–Kier alpha value is -1.15. The van der Waals surface area contributed by atoms with Crippen molar-refractivity contribution >= 4 is 60.4 Å². The van der Waals surface area contributed by atoms with Gasteiger partial charge in [0.25, 0.3) is 10.0 Å². The first-order valence-electron chi connectivity index (χ1n) is 5.67. The first kappa shape index (κ1) is 16.2. The number of anilines is 1. The fraction of sp³-hybridized carbons (Fsp3) is 0. The van der Waals surface area contributed by atoms with Gasteiger partial charge in [-0.25, -0.2) is 8.42 Å². The molecule has 0 saturated heterocycles. The van der Waals surface area contributed by atoms with Crippen molar-refractivity contribution in [1.82, 2.24) is 0 Å². The summed E-state index contributed by atoms with van der Waals surface area (Å²) in [5.41, 5.74) is 6.33. The van der Waals surface area contributed by atoms with Gasteiger partial charge in [0.2, 0.25) is 0 Å². The number of nitrogens with one attached hydrogen (secondary N) is 1. The summed E-state index contributed by atoms with van der Waals surface area (Å²) in [4.78, 5) is 0.333. The van der Waals surface area contributed by atoms with Gasteiger partial charge in [-0.05, 0) is 42.5 Å². The van der Waals surface area contributed by atoms with E-state index in [1.807, 2.05) is 0 Å². The standard InChI is InChI=1S/C13H10BrClN2O2S2/c14-9-2-4-10(5-3-9)21(18,19)17-12-6-1-8(13(16)20)7-11(12)15/h1-7,17H,(H2,16,20). The highest BCUT2D eigenvalue weighted by atomic mass is 79.9. The van der Waals surface area contributed by atoms with Crippen molar-refractivity contribution in [3.05, 3.63) is 57.5 Å². The van der Waals surface area contributed by atoms with Crippen LogP contribution in [0.4, 0.5) is 5.69 Å². The van der Waals surface area contributed by atoms with E-state index in [1.54, 1.807) is 18.2 Å². The van der Waals surface area contributed by atoms with Gasteiger partial charge in [0, 0.05) is 10.0 Å². The maximum Gasteiger partial charge on any atom is 0.261 e. The minimum Gasteiger partial charge on any atom is -0.389 e. The second-order valence-electron chi connectivity index (χ2n) is 4.12. The zero-order valence-corrected chi connectivity index (χ0v) is 14.5. The number of hydrogen-bond donors (Lipinski definition) is 2. The summed E-state index contributed by atoms with van der Waals surface area (Å²) >= 11 is 14.1. The number of rotatable bonds is 4. The van der Waals surface area contributed by atoms with E-state index in [4.69, 9.17) is 29.6 Å². The molecule has 0 amide bonds. The normalized spacial score (nSPS) is 11.1. The van der Waals surface area contributed by atoms with Crippen LogP contribution in [0.2, 0.25) is 5.02 Å². The fourth-order valence-corrected chi connectivity index (χ4v) is 3.32. The Kier molecular flexibility index (Phi) is 4.88. The Morgan fingerprint density at radius 2 is 1.81 bits per heavy atom. The Morgan fingerprint density at radius 1 is 1.19 bits per heavy atom. The molecule has 0 radical (unpaired) electrons. The Balaban J connectivity index is 2.32. The van der Waals surface area contributed by atoms with Crippen LogP contribution in [-0.2, 0) is 10.0 Å². The van der Waals surface area contributed by atoms with Crippen LogP contribution in [0.25, 0.3) is 0 Å². The lowest BCUT2D eigenvalue weighted by molar-refractivity contribution is 0.601. The number of halogens is 2. The maximum absolute atomic E-state index is 12.2. The zero-order chi connectivity index (χ0) is 15.6. The molecule has 3 N–H and O–H groups in total. The maximum atomic E-state index is 12.2. The second-order valence-corrected chi connectivity index (χ2v) is 7.56. The van der Waals surface area contributed by atoms with Crippen molar-refractivity contribution < 1.29 is 8.42 Å². The van der Waals surface area contributed by atoms with Crippen molar-refractivity contribution in [2.24, 2.45) is 5.73 Å². The molecule has 0 atom stereocenters. The third-order valence-corrected chi connectivity index (χ3v) is 5.08. The third-order valence-electron chi connectivity index (χ3n) is 2.62. The minimum atomic E-state index is -3.71. The lowest BCUT2D eigenvalue weighted by atomic mass is 10.2. The predicted molar refractivity (Wildman–Crippen MR) is 92.3 cm³/mol. The van der Waals surface area contributed by atoms with E-state index >= 15 is 0 Å². The molecule has 0 aliphatic carbocycles. The molecule has 0 spiro atoms. The monoisotopic (exact) mass is 404 g/mol. The molecule has 0 unspecified atom stereocenters. The van der Waals surface area contributed by atoms with Crippen LogP contribution in [0.15, 0.2) is 51.8 Å². The average molecular weight is 406 g/mol. The lowest BCUT2D eigenvalue weighted by Crippen LogP contribution is -2.14. The first-order chi connectivity index (χ1) is 9.79. The molecule has 21 heavy (non-hydrogen) atoms. The molecule has 2 aromatic rings. The minimum absolute atomic E-state index is 0.139. The highest BCUT2D eigenvalue weighted by molar-refractivity contribution is 9.10. The SMILES string of the molecule is NC(=S)c1ccc(NS(=O)(=O)c2ccc(Br)cc2)c(Cl)c1. The molecule has 0 bridgehead atoms. The van der Waals surface area contributed by atoms with Gasteiger partial charge in [0.15, 0.2) is 0 Å². The van der Waals surface area contributed by atoms with Gasteiger partial charge in [-0.1, -0.05) is 39.7 Å². The molecule has 0 heterocycles. The van der Waals surface area contributed by atoms with Gasteiger partial charge in [-0.2, -0.15) is 0 Å². The van der Waals surface area contributed by atoms with Crippen LogP contribution in [-0.4, -0.2) is 13.4 Å². The van der Waals surface area contributed by atoms with Gasteiger partial charge in [0.05, 0.1) is 15.6 Å². The van der Waals surface area contributed by atoms with Gasteiger partial charge in [-0.15, -0.1) is 0 Å². The van der Waals surface area contributed by atoms with E-state index in [-0.39, 0.29) is 20.6 Å².